The lowest BCUT2D eigenvalue weighted by Crippen LogP contribution is -2.44. The van der Waals surface area contributed by atoms with Gasteiger partial charge in [0.05, 0.1) is 31.0 Å². The zero-order valence-corrected chi connectivity index (χ0v) is 12.2. The van der Waals surface area contributed by atoms with Gasteiger partial charge in [-0.05, 0) is 37.7 Å². The number of hydrogen-bond donors (Lipinski definition) is 1. The van der Waals surface area contributed by atoms with E-state index in [2.05, 4.69) is 29.6 Å². The van der Waals surface area contributed by atoms with Crippen molar-refractivity contribution in [3.05, 3.63) is 35.9 Å². The fourth-order valence-corrected chi connectivity index (χ4v) is 3.97. The topological polar surface area (TPSA) is 41.6 Å². The summed E-state index contributed by atoms with van der Waals surface area (Å²) in [5.41, 5.74) is 1.30. The van der Waals surface area contributed by atoms with E-state index in [-0.39, 0.29) is 18.1 Å². The third kappa shape index (κ3) is 2.47. The Morgan fingerprint density at radius 2 is 2.10 bits per heavy atom. The summed E-state index contributed by atoms with van der Waals surface area (Å²) >= 11 is 0. The maximum absolute atomic E-state index is 12.6. The molecule has 21 heavy (non-hydrogen) atoms. The van der Waals surface area contributed by atoms with E-state index >= 15 is 0 Å². The number of amides is 1. The van der Waals surface area contributed by atoms with Gasteiger partial charge in [0.2, 0.25) is 5.91 Å². The Labute approximate surface area is 125 Å². The van der Waals surface area contributed by atoms with Gasteiger partial charge in [0.15, 0.2) is 0 Å². The average molecular weight is 286 g/mol. The Hall–Kier alpha value is -1.39. The molecule has 3 aliphatic rings. The summed E-state index contributed by atoms with van der Waals surface area (Å²) < 4.78 is 5.89. The van der Waals surface area contributed by atoms with Crippen LogP contribution in [0.2, 0.25) is 0 Å². The SMILES string of the molecule is O=C1C(CCc2ccccc2)NCN1C1CC2CCC1O2. The molecular formula is C17H22N2O2. The average Bonchev–Trinajstić information content (AvgIpc) is 3.22. The minimum absolute atomic E-state index is 0.0238. The van der Waals surface area contributed by atoms with Crippen molar-refractivity contribution >= 4 is 5.91 Å². The van der Waals surface area contributed by atoms with E-state index in [1.54, 1.807) is 0 Å². The van der Waals surface area contributed by atoms with Crippen LogP contribution in [0, 0.1) is 0 Å². The summed E-state index contributed by atoms with van der Waals surface area (Å²) in [6.07, 6.45) is 5.84. The van der Waals surface area contributed by atoms with Crippen molar-refractivity contribution in [1.82, 2.24) is 10.2 Å². The van der Waals surface area contributed by atoms with Crippen LogP contribution in [0.25, 0.3) is 0 Å². The summed E-state index contributed by atoms with van der Waals surface area (Å²) in [4.78, 5) is 14.6. The highest BCUT2D eigenvalue weighted by Crippen LogP contribution is 2.38. The lowest BCUT2D eigenvalue weighted by molar-refractivity contribution is -0.131. The van der Waals surface area contributed by atoms with Gasteiger partial charge >= 0.3 is 0 Å². The van der Waals surface area contributed by atoms with Crippen LogP contribution < -0.4 is 5.32 Å². The van der Waals surface area contributed by atoms with Crippen LogP contribution in [0.5, 0.6) is 0 Å². The lowest BCUT2D eigenvalue weighted by atomic mass is 9.94. The highest BCUT2D eigenvalue weighted by Gasteiger charge is 2.47. The predicted molar refractivity (Wildman–Crippen MR) is 79.7 cm³/mol. The number of carbonyl (C=O) groups is 1. The van der Waals surface area contributed by atoms with Crippen LogP contribution in [0.1, 0.15) is 31.2 Å². The minimum atomic E-state index is -0.0238. The van der Waals surface area contributed by atoms with Crippen LogP contribution in [0.15, 0.2) is 30.3 Å². The van der Waals surface area contributed by atoms with Gasteiger partial charge in [-0.3, -0.25) is 10.1 Å². The molecule has 0 radical (unpaired) electrons. The zero-order chi connectivity index (χ0) is 14.2. The molecular weight excluding hydrogens is 264 g/mol. The van der Waals surface area contributed by atoms with E-state index in [0.29, 0.717) is 18.8 Å². The Morgan fingerprint density at radius 1 is 1.24 bits per heavy atom. The molecule has 0 aliphatic carbocycles. The zero-order valence-electron chi connectivity index (χ0n) is 12.2. The van der Waals surface area contributed by atoms with Crippen molar-refractivity contribution in [3.8, 4) is 0 Å². The third-order valence-corrected chi connectivity index (χ3v) is 5.13. The molecule has 4 rings (SSSR count). The Morgan fingerprint density at radius 3 is 2.81 bits per heavy atom. The summed E-state index contributed by atoms with van der Waals surface area (Å²) in [5.74, 6) is 0.270. The molecule has 3 fully saturated rings. The van der Waals surface area contributed by atoms with Crippen LogP contribution in [0.4, 0.5) is 0 Å². The van der Waals surface area contributed by atoms with E-state index in [1.807, 2.05) is 11.0 Å². The van der Waals surface area contributed by atoms with Gasteiger partial charge in [0, 0.05) is 0 Å². The second kappa shape index (κ2) is 5.43. The fourth-order valence-electron chi connectivity index (χ4n) is 3.97. The molecule has 4 nitrogen and oxygen atoms in total. The predicted octanol–water partition coefficient (Wildman–Crippen LogP) is 1.70. The van der Waals surface area contributed by atoms with Gasteiger partial charge in [-0.1, -0.05) is 30.3 Å². The summed E-state index contributed by atoms with van der Waals surface area (Å²) in [6, 6.07) is 10.7. The van der Waals surface area contributed by atoms with Gasteiger partial charge in [0.1, 0.15) is 0 Å². The van der Waals surface area contributed by atoms with Gasteiger partial charge in [0.25, 0.3) is 0 Å². The molecule has 112 valence electrons. The van der Waals surface area contributed by atoms with Crippen molar-refractivity contribution in [2.45, 2.75) is 56.4 Å². The molecule has 1 aromatic rings. The lowest BCUT2D eigenvalue weighted by Gasteiger charge is -2.28. The van der Waals surface area contributed by atoms with Crippen molar-refractivity contribution in [1.29, 1.82) is 0 Å². The normalized spacial score (nSPS) is 34.9. The van der Waals surface area contributed by atoms with Gasteiger partial charge in [-0.25, -0.2) is 0 Å². The van der Waals surface area contributed by atoms with E-state index in [9.17, 15) is 4.79 Å². The number of aryl methyl sites for hydroxylation is 1. The van der Waals surface area contributed by atoms with E-state index in [0.717, 1.165) is 25.7 Å². The number of carbonyl (C=O) groups excluding carboxylic acids is 1. The largest absolute Gasteiger partial charge is 0.373 e. The van der Waals surface area contributed by atoms with E-state index in [1.165, 1.54) is 12.0 Å². The maximum Gasteiger partial charge on any atom is 0.241 e. The number of benzene rings is 1. The number of ether oxygens (including phenoxy) is 1. The van der Waals surface area contributed by atoms with Gasteiger partial charge in [-0.2, -0.15) is 0 Å². The monoisotopic (exact) mass is 286 g/mol. The van der Waals surface area contributed by atoms with Crippen LogP contribution in [-0.2, 0) is 16.0 Å². The number of rotatable bonds is 4. The maximum atomic E-state index is 12.6. The van der Waals surface area contributed by atoms with E-state index in [4.69, 9.17) is 4.74 Å². The van der Waals surface area contributed by atoms with Crippen molar-refractivity contribution in [2.24, 2.45) is 0 Å². The Balaban J connectivity index is 1.35. The summed E-state index contributed by atoms with van der Waals surface area (Å²) in [5, 5.41) is 3.38. The molecule has 3 aliphatic heterocycles. The Bertz CT molecular complexity index is 519. The first-order valence-corrected chi connectivity index (χ1v) is 8.04. The second-order valence-electron chi connectivity index (χ2n) is 6.42. The summed E-state index contributed by atoms with van der Waals surface area (Å²) in [6.45, 7) is 0.690. The first-order chi connectivity index (χ1) is 10.3. The van der Waals surface area contributed by atoms with Crippen molar-refractivity contribution in [2.75, 3.05) is 6.67 Å². The van der Waals surface area contributed by atoms with Crippen LogP contribution >= 0.6 is 0 Å². The second-order valence-corrected chi connectivity index (χ2v) is 6.42. The molecule has 1 N–H and O–H groups in total. The molecule has 4 unspecified atom stereocenters. The van der Waals surface area contributed by atoms with Gasteiger partial charge in [-0.15, -0.1) is 0 Å². The smallest absolute Gasteiger partial charge is 0.241 e. The quantitative estimate of drug-likeness (QED) is 0.916. The highest BCUT2D eigenvalue weighted by molar-refractivity contribution is 5.84. The molecule has 1 aromatic carbocycles. The number of fused-ring (bicyclic) bond motifs is 2. The molecule has 0 aromatic heterocycles. The molecule has 0 saturated carbocycles. The third-order valence-electron chi connectivity index (χ3n) is 5.13. The molecule has 4 atom stereocenters. The van der Waals surface area contributed by atoms with Gasteiger partial charge < -0.3 is 9.64 Å². The first-order valence-electron chi connectivity index (χ1n) is 8.04. The molecule has 3 heterocycles. The molecule has 3 saturated heterocycles. The number of nitrogens with zero attached hydrogens (tertiary/aromatic N) is 1. The Kier molecular flexibility index (Phi) is 3.43. The minimum Gasteiger partial charge on any atom is -0.373 e. The molecule has 4 heteroatoms. The fraction of sp³-hybridized carbons (Fsp3) is 0.588. The van der Waals surface area contributed by atoms with Crippen molar-refractivity contribution < 1.29 is 9.53 Å². The molecule has 1 amide bonds. The standard InChI is InChI=1S/C17H22N2O2/c20-17-14(8-6-12-4-2-1-3-5-12)18-11-19(17)15-10-13-7-9-16(15)21-13/h1-5,13-16,18H,6-11H2. The molecule has 2 bridgehead atoms. The molecule has 0 spiro atoms. The summed E-state index contributed by atoms with van der Waals surface area (Å²) in [7, 11) is 0. The van der Waals surface area contributed by atoms with E-state index < -0.39 is 0 Å². The van der Waals surface area contributed by atoms with Crippen LogP contribution in [0.3, 0.4) is 0 Å². The first kappa shape index (κ1) is 13.3. The highest BCUT2D eigenvalue weighted by atomic mass is 16.5. The van der Waals surface area contributed by atoms with Crippen molar-refractivity contribution in [3.63, 3.8) is 0 Å². The number of hydrogen-bond acceptors (Lipinski definition) is 3. The number of nitrogens with one attached hydrogen (secondary N) is 1. The van der Waals surface area contributed by atoms with Crippen LogP contribution in [-0.4, -0.2) is 41.8 Å².